The third-order valence-electron chi connectivity index (χ3n) is 7.80. The second kappa shape index (κ2) is 12.8. The van der Waals surface area contributed by atoms with Gasteiger partial charge in [-0.2, -0.15) is 4.99 Å². The molecule has 1 aliphatic heterocycles. The molecule has 3 amide bonds. The maximum absolute atomic E-state index is 12.9. The summed E-state index contributed by atoms with van der Waals surface area (Å²) in [7, 11) is 0. The number of para-hydroxylation sites is 1. The number of carbonyl (C=O) groups is 2. The number of thioether (sulfide) groups is 1. The number of benzene rings is 3. The summed E-state index contributed by atoms with van der Waals surface area (Å²) in [6.45, 7) is 2.02. The van der Waals surface area contributed by atoms with Gasteiger partial charge in [-0.15, -0.1) is 18.3 Å². The number of amidine groups is 1. The van der Waals surface area contributed by atoms with Crippen LogP contribution in [0.25, 0.3) is 17.1 Å². The molecule has 1 saturated heterocycles. The van der Waals surface area contributed by atoms with E-state index in [4.69, 9.17) is 0 Å². The van der Waals surface area contributed by atoms with Crippen LogP contribution in [0.4, 0.5) is 23.7 Å². The van der Waals surface area contributed by atoms with Gasteiger partial charge in [0.25, 0.3) is 0 Å². The van der Waals surface area contributed by atoms with Gasteiger partial charge in [0.05, 0.1) is 17.1 Å². The first-order chi connectivity index (χ1) is 21.7. The Bertz CT molecular complexity index is 1720. The molecule has 0 bridgehead atoms. The molecule has 1 saturated carbocycles. The van der Waals surface area contributed by atoms with Crippen LogP contribution in [-0.2, 0) is 11.2 Å². The molecule has 2 heterocycles. The molecule has 1 aliphatic carbocycles. The van der Waals surface area contributed by atoms with Gasteiger partial charge in [-0.05, 0) is 73.1 Å². The second-order valence-electron chi connectivity index (χ2n) is 10.7. The van der Waals surface area contributed by atoms with Crippen molar-refractivity contribution in [2.45, 2.75) is 50.9 Å². The SMILES string of the molecule is CCc1ccccc1N1C(=O)CSC1=NC(=O)NC1CCC(c2ccc(-c3ncn(-c4ccc(OC(F)(F)F)cc4)n3)cc2)C1. The molecular weight excluding hydrogens is 605 g/mol. The van der Waals surface area contributed by atoms with Gasteiger partial charge in [0.15, 0.2) is 11.0 Å². The van der Waals surface area contributed by atoms with Crippen LogP contribution in [0.2, 0.25) is 0 Å². The van der Waals surface area contributed by atoms with Gasteiger partial charge < -0.3 is 10.1 Å². The molecule has 2 unspecified atom stereocenters. The lowest BCUT2D eigenvalue weighted by Crippen LogP contribution is -2.34. The molecule has 9 nitrogen and oxygen atoms in total. The van der Waals surface area contributed by atoms with Crippen LogP contribution in [-0.4, -0.2) is 50.0 Å². The minimum absolute atomic E-state index is 0.0321. The molecule has 232 valence electrons. The van der Waals surface area contributed by atoms with Crippen LogP contribution in [0.5, 0.6) is 5.75 Å². The predicted octanol–water partition coefficient (Wildman–Crippen LogP) is 6.88. The van der Waals surface area contributed by atoms with Crippen LogP contribution in [0.15, 0.2) is 84.1 Å². The highest BCUT2D eigenvalue weighted by Crippen LogP contribution is 2.36. The average Bonchev–Trinajstić information content (AvgIpc) is 3.78. The number of anilines is 1. The Morgan fingerprint density at radius 2 is 1.82 bits per heavy atom. The number of halogens is 3. The van der Waals surface area contributed by atoms with Crippen molar-refractivity contribution in [1.29, 1.82) is 0 Å². The number of nitrogens with zero attached hydrogens (tertiary/aromatic N) is 5. The monoisotopic (exact) mass is 634 g/mol. The Balaban J connectivity index is 1.06. The quantitative estimate of drug-likeness (QED) is 0.238. The maximum Gasteiger partial charge on any atom is 0.573 e. The molecule has 2 atom stereocenters. The van der Waals surface area contributed by atoms with E-state index < -0.39 is 12.4 Å². The van der Waals surface area contributed by atoms with E-state index in [0.717, 1.165) is 48.1 Å². The lowest BCUT2D eigenvalue weighted by Gasteiger charge is -2.19. The van der Waals surface area contributed by atoms with E-state index >= 15 is 0 Å². The number of hydrogen-bond acceptors (Lipinski definition) is 6. The molecular formula is C32H29F3N6O3S. The van der Waals surface area contributed by atoms with Crippen molar-refractivity contribution in [3.63, 3.8) is 0 Å². The summed E-state index contributed by atoms with van der Waals surface area (Å²) >= 11 is 1.27. The molecule has 4 aromatic rings. The highest BCUT2D eigenvalue weighted by atomic mass is 32.2. The largest absolute Gasteiger partial charge is 0.573 e. The van der Waals surface area contributed by atoms with Gasteiger partial charge in [-0.3, -0.25) is 9.69 Å². The third kappa shape index (κ3) is 7.03. The first-order valence-electron chi connectivity index (χ1n) is 14.5. The van der Waals surface area contributed by atoms with Gasteiger partial charge in [0.1, 0.15) is 12.1 Å². The van der Waals surface area contributed by atoms with Gasteiger partial charge >= 0.3 is 12.4 Å². The molecule has 0 radical (unpaired) electrons. The zero-order valence-corrected chi connectivity index (χ0v) is 25.0. The fourth-order valence-electron chi connectivity index (χ4n) is 5.64. The zero-order chi connectivity index (χ0) is 31.6. The van der Waals surface area contributed by atoms with E-state index in [2.05, 4.69) is 25.1 Å². The van der Waals surface area contributed by atoms with Crippen molar-refractivity contribution < 1.29 is 27.5 Å². The van der Waals surface area contributed by atoms with Crippen molar-refractivity contribution in [2.75, 3.05) is 10.7 Å². The molecule has 13 heteroatoms. The summed E-state index contributed by atoms with van der Waals surface area (Å²) in [4.78, 5) is 35.7. The number of urea groups is 1. The Kier molecular flexibility index (Phi) is 8.61. The third-order valence-corrected chi connectivity index (χ3v) is 8.73. The first kappa shape index (κ1) is 30.4. The Morgan fingerprint density at radius 1 is 1.07 bits per heavy atom. The van der Waals surface area contributed by atoms with Crippen molar-refractivity contribution >= 4 is 34.6 Å². The van der Waals surface area contributed by atoms with Gasteiger partial charge in [0.2, 0.25) is 5.91 Å². The Labute approximate surface area is 261 Å². The number of hydrogen-bond donors (Lipinski definition) is 1. The van der Waals surface area contributed by atoms with Crippen LogP contribution in [0, 0.1) is 0 Å². The topological polar surface area (TPSA) is 102 Å². The lowest BCUT2D eigenvalue weighted by molar-refractivity contribution is -0.274. The van der Waals surface area contributed by atoms with Crippen LogP contribution >= 0.6 is 11.8 Å². The molecule has 6 rings (SSSR count). The molecule has 2 aliphatic rings. The van der Waals surface area contributed by atoms with Crippen molar-refractivity contribution in [3.05, 3.63) is 90.3 Å². The molecule has 3 aromatic carbocycles. The summed E-state index contributed by atoms with van der Waals surface area (Å²) in [6, 6.07) is 20.5. The number of alkyl halides is 3. The summed E-state index contributed by atoms with van der Waals surface area (Å²) < 4.78 is 42.7. The van der Waals surface area contributed by atoms with Crippen molar-refractivity contribution in [2.24, 2.45) is 4.99 Å². The summed E-state index contributed by atoms with van der Waals surface area (Å²) in [6.07, 6.45) is -0.00167. The molecule has 0 spiro atoms. The second-order valence-corrected chi connectivity index (χ2v) is 11.7. The number of aliphatic imine (C=N–C) groups is 1. The van der Waals surface area contributed by atoms with E-state index in [1.165, 1.54) is 47.0 Å². The predicted molar refractivity (Wildman–Crippen MR) is 166 cm³/mol. The van der Waals surface area contributed by atoms with Crippen LogP contribution < -0.4 is 15.0 Å². The zero-order valence-electron chi connectivity index (χ0n) is 24.2. The summed E-state index contributed by atoms with van der Waals surface area (Å²) in [5, 5.41) is 7.89. The highest BCUT2D eigenvalue weighted by molar-refractivity contribution is 8.15. The molecule has 45 heavy (non-hydrogen) atoms. The fourth-order valence-corrected chi connectivity index (χ4v) is 6.50. The number of amides is 3. The standard InChI is InChI=1S/C32H29F3N6O3S/c1-2-20-5-3-4-6-27(20)41-28(42)18-45-31(41)38-30(43)37-24-12-11-23(17-24)21-7-9-22(10-8-21)29-36-19-40(39-29)25-13-15-26(16-14-25)44-32(33,34)35/h3-10,13-16,19,23-24H,2,11-12,17-18H2,1H3,(H,37,43). The smallest absolute Gasteiger partial charge is 0.406 e. The van der Waals surface area contributed by atoms with E-state index in [1.807, 2.05) is 55.5 Å². The van der Waals surface area contributed by atoms with Crippen molar-refractivity contribution in [3.8, 4) is 22.8 Å². The maximum atomic E-state index is 12.9. The van der Waals surface area contributed by atoms with Gasteiger partial charge in [-0.25, -0.2) is 14.5 Å². The minimum Gasteiger partial charge on any atom is -0.406 e. The normalized spacial score (nSPS) is 19.3. The summed E-state index contributed by atoms with van der Waals surface area (Å²) in [5.41, 5.74) is 4.26. The average molecular weight is 635 g/mol. The fraction of sp³-hybridized carbons (Fsp3) is 0.281. The number of nitrogens with one attached hydrogen (secondary N) is 1. The minimum atomic E-state index is -4.75. The Morgan fingerprint density at radius 3 is 2.56 bits per heavy atom. The van der Waals surface area contributed by atoms with Crippen LogP contribution in [0.1, 0.15) is 43.2 Å². The molecule has 1 aromatic heterocycles. The number of ether oxygens (including phenoxy) is 1. The summed E-state index contributed by atoms with van der Waals surface area (Å²) in [5.74, 6) is 0.582. The van der Waals surface area contributed by atoms with Gasteiger partial charge in [0, 0.05) is 11.6 Å². The van der Waals surface area contributed by atoms with E-state index in [9.17, 15) is 22.8 Å². The number of carbonyl (C=O) groups excluding carboxylic acids is 2. The van der Waals surface area contributed by atoms with E-state index in [-0.39, 0.29) is 29.4 Å². The van der Waals surface area contributed by atoms with Crippen LogP contribution in [0.3, 0.4) is 0 Å². The van der Waals surface area contributed by atoms with Crippen molar-refractivity contribution in [1.82, 2.24) is 20.1 Å². The van der Waals surface area contributed by atoms with E-state index in [0.29, 0.717) is 16.7 Å². The molecule has 1 N–H and O–H groups in total. The van der Waals surface area contributed by atoms with E-state index in [1.54, 1.807) is 4.90 Å². The highest BCUT2D eigenvalue weighted by Gasteiger charge is 2.33. The number of aryl methyl sites for hydroxylation is 1. The van der Waals surface area contributed by atoms with Gasteiger partial charge in [-0.1, -0.05) is 61.2 Å². The lowest BCUT2D eigenvalue weighted by atomic mass is 9.96. The first-order valence-corrected chi connectivity index (χ1v) is 15.5. The molecule has 2 fully saturated rings. The number of rotatable bonds is 7. The number of aromatic nitrogens is 3. The Hall–Kier alpha value is -4.65.